The third-order valence-electron chi connectivity index (χ3n) is 4.02. The molecule has 1 aromatic rings. The summed E-state index contributed by atoms with van der Waals surface area (Å²) in [4.78, 5) is 0. The van der Waals surface area contributed by atoms with E-state index >= 15 is 0 Å². The smallest absolute Gasteiger partial charge is 0.152 e. The van der Waals surface area contributed by atoms with Crippen LogP contribution in [0.3, 0.4) is 0 Å². The quantitative estimate of drug-likeness (QED) is 0.795. The molecule has 1 aromatic carbocycles. The van der Waals surface area contributed by atoms with E-state index in [0.29, 0.717) is 17.5 Å². The van der Waals surface area contributed by atoms with Crippen molar-refractivity contribution < 1.29 is 8.42 Å². The Labute approximate surface area is 133 Å². The van der Waals surface area contributed by atoms with Gasteiger partial charge in [-0.15, -0.1) is 0 Å². The molecule has 0 aromatic heterocycles. The fourth-order valence-corrected chi connectivity index (χ4v) is 3.57. The zero-order valence-electron chi connectivity index (χ0n) is 12.7. The number of halogens is 1. The highest BCUT2D eigenvalue weighted by atomic mass is 35.5. The molecular weight excluding hydrogens is 306 g/mol. The topological polar surface area (TPSA) is 46.2 Å². The van der Waals surface area contributed by atoms with Crippen LogP contribution in [-0.2, 0) is 9.84 Å². The van der Waals surface area contributed by atoms with Crippen molar-refractivity contribution in [2.45, 2.75) is 50.3 Å². The van der Waals surface area contributed by atoms with Crippen molar-refractivity contribution in [3.63, 3.8) is 0 Å². The van der Waals surface area contributed by atoms with E-state index in [4.69, 9.17) is 11.6 Å². The van der Waals surface area contributed by atoms with E-state index in [1.54, 1.807) is 13.8 Å². The Bertz CT molecular complexity index is 567. The Hall–Kier alpha value is -0.580. The summed E-state index contributed by atoms with van der Waals surface area (Å²) in [6, 6.07) is 8.38. The van der Waals surface area contributed by atoms with Gasteiger partial charge >= 0.3 is 0 Å². The Balaban J connectivity index is 2.04. The summed E-state index contributed by atoms with van der Waals surface area (Å²) >= 11 is 6.07. The Morgan fingerprint density at radius 1 is 1.33 bits per heavy atom. The van der Waals surface area contributed by atoms with Crippen LogP contribution in [0.25, 0.3) is 0 Å². The van der Waals surface area contributed by atoms with Gasteiger partial charge in [0, 0.05) is 17.6 Å². The van der Waals surface area contributed by atoms with Crippen LogP contribution in [0.15, 0.2) is 24.3 Å². The zero-order valence-corrected chi connectivity index (χ0v) is 14.3. The summed E-state index contributed by atoms with van der Waals surface area (Å²) < 4.78 is 24.1. The Kier molecular flexibility index (Phi) is 5.69. The lowest BCUT2D eigenvalue weighted by atomic mass is 9.96. The van der Waals surface area contributed by atoms with Crippen LogP contribution in [0.4, 0.5) is 0 Å². The molecule has 1 fully saturated rings. The highest BCUT2D eigenvalue weighted by molar-refractivity contribution is 7.91. The van der Waals surface area contributed by atoms with Gasteiger partial charge < -0.3 is 5.32 Å². The molecule has 2 rings (SSSR count). The SMILES string of the molecule is CC(C)S(=O)(=O)CCC(CNC1CC1)c1cccc(Cl)c1. The Morgan fingerprint density at radius 2 is 2.05 bits per heavy atom. The zero-order chi connectivity index (χ0) is 15.5. The summed E-state index contributed by atoms with van der Waals surface area (Å²) in [6.07, 6.45) is 3.10. The van der Waals surface area contributed by atoms with Gasteiger partial charge in [0.1, 0.15) is 0 Å². The maximum atomic E-state index is 12.0. The molecule has 0 bridgehead atoms. The van der Waals surface area contributed by atoms with E-state index in [1.807, 2.05) is 24.3 Å². The van der Waals surface area contributed by atoms with Crippen molar-refractivity contribution in [2.75, 3.05) is 12.3 Å². The maximum absolute atomic E-state index is 12.0. The minimum Gasteiger partial charge on any atom is -0.313 e. The lowest BCUT2D eigenvalue weighted by Gasteiger charge is -2.19. The number of sulfone groups is 1. The molecule has 0 aliphatic heterocycles. The molecule has 1 aliphatic carbocycles. The first-order valence-corrected chi connectivity index (χ1v) is 9.68. The lowest BCUT2D eigenvalue weighted by molar-refractivity contribution is 0.550. The first kappa shape index (κ1) is 16.8. The van der Waals surface area contributed by atoms with Crippen LogP contribution in [0.5, 0.6) is 0 Å². The highest BCUT2D eigenvalue weighted by Crippen LogP contribution is 2.26. The molecule has 1 saturated carbocycles. The number of nitrogens with one attached hydrogen (secondary N) is 1. The molecule has 118 valence electrons. The second kappa shape index (κ2) is 7.12. The van der Waals surface area contributed by atoms with Crippen LogP contribution < -0.4 is 5.32 Å². The molecule has 5 heteroatoms. The number of benzene rings is 1. The van der Waals surface area contributed by atoms with Crippen LogP contribution in [-0.4, -0.2) is 32.0 Å². The van der Waals surface area contributed by atoms with Crippen molar-refractivity contribution in [2.24, 2.45) is 0 Å². The largest absolute Gasteiger partial charge is 0.313 e. The molecule has 1 aliphatic rings. The highest BCUT2D eigenvalue weighted by Gasteiger charge is 2.24. The van der Waals surface area contributed by atoms with Gasteiger partial charge in [-0.25, -0.2) is 8.42 Å². The molecule has 1 N–H and O–H groups in total. The van der Waals surface area contributed by atoms with Gasteiger partial charge in [0.25, 0.3) is 0 Å². The monoisotopic (exact) mass is 329 g/mol. The number of hydrogen-bond acceptors (Lipinski definition) is 3. The van der Waals surface area contributed by atoms with Gasteiger partial charge in [-0.3, -0.25) is 0 Å². The average molecular weight is 330 g/mol. The summed E-state index contributed by atoms with van der Waals surface area (Å²) in [6.45, 7) is 4.30. The standard InChI is InChI=1S/C16H24ClNO2S/c1-12(2)21(19,20)9-8-14(11-18-16-6-7-16)13-4-3-5-15(17)10-13/h3-5,10,12,14,16,18H,6-9,11H2,1-2H3. The van der Waals surface area contributed by atoms with Crippen LogP contribution in [0.2, 0.25) is 5.02 Å². The van der Waals surface area contributed by atoms with Crippen LogP contribution in [0.1, 0.15) is 44.6 Å². The van der Waals surface area contributed by atoms with Crippen molar-refractivity contribution in [3.8, 4) is 0 Å². The molecule has 0 amide bonds. The van der Waals surface area contributed by atoms with Crippen molar-refractivity contribution in [3.05, 3.63) is 34.9 Å². The minimum absolute atomic E-state index is 0.192. The van der Waals surface area contributed by atoms with Gasteiger partial charge in [-0.2, -0.15) is 0 Å². The van der Waals surface area contributed by atoms with Crippen molar-refractivity contribution >= 4 is 21.4 Å². The second-order valence-corrected chi connectivity index (χ2v) is 9.25. The van der Waals surface area contributed by atoms with E-state index in [9.17, 15) is 8.42 Å². The summed E-state index contributed by atoms with van der Waals surface area (Å²) in [7, 11) is -3.00. The Morgan fingerprint density at radius 3 is 2.62 bits per heavy atom. The van der Waals surface area contributed by atoms with Gasteiger partial charge in [-0.05, 0) is 56.7 Å². The van der Waals surface area contributed by atoms with Crippen LogP contribution >= 0.6 is 11.6 Å². The molecular formula is C16H24ClNO2S. The van der Waals surface area contributed by atoms with E-state index in [2.05, 4.69) is 5.32 Å². The molecule has 3 nitrogen and oxygen atoms in total. The van der Waals surface area contributed by atoms with Gasteiger partial charge in [-0.1, -0.05) is 23.7 Å². The van der Waals surface area contributed by atoms with Crippen molar-refractivity contribution in [1.29, 1.82) is 0 Å². The molecule has 0 heterocycles. The predicted molar refractivity (Wildman–Crippen MR) is 88.8 cm³/mol. The fourth-order valence-electron chi connectivity index (χ4n) is 2.29. The predicted octanol–water partition coefficient (Wildman–Crippen LogP) is 3.39. The summed E-state index contributed by atoms with van der Waals surface area (Å²) in [5.74, 6) is 0.423. The third-order valence-corrected chi connectivity index (χ3v) is 6.50. The number of rotatable bonds is 8. The fraction of sp³-hybridized carbons (Fsp3) is 0.625. The molecule has 1 atom stereocenters. The summed E-state index contributed by atoms with van der Waals surface area (Å²) in [5, 5.41) is 3.90. The molecule has 0 spiro atoms. The number of hydrogen-bond donors (Lipinski definition) is 1. The van der Waals surface area contributed by atoms with E-state index in [1.165, 1.54) is 12.8 Å². The van der Waals surface area contributed by atoms with Gasteiger partial charge in [0.2, 0.25) is 0 Å². The van der Waals surface area contributed by atoms with E-state index in [-0.39, 0.29) is 16.9 Å². The molecule has 0 radical (unpaired) electrons. The maximum Gasteiger partial charge on any atom is 0.152 e. The first-order valence-electron chi connectivity index (χ1n) is 7.59. The lowest BCUT2D eigenvalue weighted by Crippen LogP contribution is -2.26. The van der Waals surface area contributed by atoms with E-state index < -0.39 is 9.84 Å². The van der Waals surface area contributed by atoms with E-state index in [0.717, 1.165) is 12.1 Å². The molecule has 1 unspecified atom stereocenters. The normalized spacial score (nSPS) is 17.1. The first-order chi connectivity index (χ1) is 9.88. The summed E-state index contributed by atoms with van der Waals surface area (Å²) in [5.41, 5.74) is 1.12. The average Bonchev–Trinajstić information content (AvgIpc) is 3.22. The van der Waals surface area contributed by atoms with Crippen molar-refractivity contribution in [1.82, 2.24) is 5.32 Å². The molecule has 21 heavy (non-hydrogen) atoms. The van der Waals surface area contributed by atoms with Gasteiger partial charge in [0.05, 0.1) is 11.0 Å². The van der Waals surface area contributed by atoms with Crippen LogP contribution in [0, 0.1) is 0 Å². The third kappa shape index (κ3) is 5.28. The van der Waals surface area contributed by atoms with Gasteiger partial charge in [0.15, 0.2) is 9.84 Å². The minimum atomic E-state index is -3.00. The second-order valence-electron chi connectivity index (χ2n) is 6.14. The molecule has 0 saturated heterocycles.